The fourth-order valence-corrected chi connectivity index (χ4v) is 3.92. The standard InChI is InChI=1S/C18H20ClN5O/c1-10-5-12(6-10)25-17-14-8-21-16(19)7-13(14)15(9-22-17)18(2,23-24-20)11-3-4-11/h7-12H,3-6H2,1-2H3/t10-,12-,18?. The number of nitrogens with zero attached hydrogens (tertiary/aromatic N) is 5. The zero-order valence-corrected chi connectivity index (χ0v) is 15.1. The fraction of sp³-hybridized carbons (Fsp3) is 0.556. The average Bonchev–Trinajstić information content (AvgIpc) is 3.38. The van der Waals surface area contributed by atoms with Gasteiger partial charge in [0.15, 0.2) is 0 Å². The number of azide groups is 1. The maximum absolute atomic E-state index is 9.08. The number of ether oxygens (including phenoxy) is 1. The van der Waals surface area contributed by atoms with Gasteiger partial charge in [-0.05, 0) is 67.0 Å². The monoisotopic (exact) mass is 357 g/mol. The number of halogens is 1. The molecule has 2 aliphatic rings. The third kappa shape index (κ3) is 2.90. The van der Waals surface area contributed by atoms with Gasteiger partial charge in [-0.25, -0.2) is 9.97 Å². The lowest BCUT2D eigenvalue weighted by molar-refractivity contribution is 0.0711. The SMILES string of the molecule is CC(N=[N+]=[N-])(c1cnc(O[C@H]2C[C@H](C)C2)c2cnc(Cl)cc12)C1CC1. The van der Waals surface area contributed by atoms with Gasteiger partial charge in [0.2, 0.25) is 5.88 Å². The maximum Gasteiger partial charge on any atom is 0.223 e. The molecule has 0 N–H and O–H groups in total. The van der Waals surface area contributed by atoms with Crippen molar-refractivity contribution in [3.05, 3.63) is 39.6 Å². The molecule has 2 saturated carbocycles. The van der Waals surface area contributed by atoms with Crippen molar-refractivity contribution in [1.82, 2.24) is 9.97 Å². The first-order valence-corrected chi connectivity index (χ1v) is 9.06. The Labute approximate surface area is 151 Å². The topological polar surface area (TPSA) is 83.8 Å². The van der Waals surface area contributed by atoms with Crippen LogP contribution in [0.1, 0.15) is 45.1 Å². The Hall–Kier alpha value is -2.04. The molecule has 6 nitrogen and oxygen atoms in total. The second-order valence-corrected chi connectivity index (χ2v) is 7.84. The molecule has 7 heteroatoms. The molecule has 4 rings (SSSR count). The lowest BCUT2D eigenvalue weighted by Crippen LogP contribution is -2.32. The average molecular weight is 358 g/mol. The highest BCUT2D eigenvalue weighted by atomic mass is 35.5. The summed E-state index contributed by atoms with van der Waals surface area (Å²) in [7, 11) is 0. The minimum absolute atomic E-state index is 0.208. The highest BCUT2D eigenvalue weighted by molar-refractivity contribution is 6.30. The molecule has 2 aliphatic carbocycles. The number of rotatable bonds is 5. The molecule has 0 radical (unpaired) electrons. The molecular formula is C18H20ClN5O. The number of hydrogen-bond acceptors (Lipinski definition) is 4. The zero-order valence-electron chi connectivity index (χ0n) is 14.3. The van der Waals surface area contributed by atoms with E-state index in [9.17, 15) is 0 Å². The summed E-state index contributed by atoms with van der Waals surface area (Å²) in [5, 5.41) is 6.26. The summed E-state index contributed by atoms with van der Waals surface area (Å²) >= 11 is 6.15. The van der Waals surface area contributed by atoms with Gasteiger partial charge in [0.05, 0.1) is 10.9 Å². The quantitative estimate of drug-likeness (QED) is 0.311. The third-order valence-corrected chi connectivity index (χ3v) is 5.69. The summed E-state index contributed by atoms with van der Waals surface area (Å²) in [5.41, 5.74) is 9.34. The molecule has 130 valence electrons. The van der Waals surface area contributed by atoms with Crippen LogP contribution in [0.3, 0.4) is 0 Å². The van der Waals surface area contributed by atoms with E-state index in [-0.39, 0.29) is 6.10 Å². The summed E-state index contributed by atoms with van der Waals surface area (Å²) in [6.45, 7) is 4.19. The van der Waals surface area contributed by atoms with Crippen molar-refractivity contribution in [1.29, 1.82) is 0 Å². The van der Waals surface area contributed by atoms with Crippen molar-refractivity contribution in [2.75, 3.05) is 0 Å². The summed E-state index contributed by atoms with van der Waals surface area (Å²) in [4.78, 5) is 11.9. The Morgan fingerprint density at radius 1 is 1.28 bits per heavy atom. The molecule has 0 bridgehead atoms. The maximum atomic E-state index is 9.08. The van der Waals surface area contributed by atoms with Crippen LogP contribution >= 0.6 is 11.6 Å². The minimum atomic E-state index is -0.631. The largest absolute Gasteiger partial charge is 0.474 e. The molecule has 0 saturated heterocycles. The van der Waals surface area contributed by atoms with Crippen molar-refractivity contribution in [3.8, 4) is 5.88 Å². The molecule has 0 amide bonds. The van der Waals surface area contributed by atoms with Gasteiger partial charge >= 0.3 is 0 Å². The van der Waals surface area contributed by atoms with Gasteiger partial charge in [0, 0.05) is 17.3 Å². The van der Waals surface area contributed by atoms with E-state index >= 15 is 0 Å². The molecule has 0 spiro atoms. The van der Waals surface area contributed by atoms with Crippen molar-refractivity contribution in [2.45, 2.75) is 51.2 Å². The smallest absolute Gasteiger partial charge is 0.223 e. The Bertz CT molecular complexity index is 871. The Kier molecular flexibility index (Phi) is 3.97. The fourth-order valence-electron chi connectivity index (χ4n) is 3.76. The molecule has 25 heavy (non-hydrogen) atoms. The van der Waals surface area contributed by atoms with Crippen molar-refractivity contribution < 1.29 is 4.74 Å². The molecule has 2 heterocycles. The van der Waals surface area contributed by atoms with Gasteiger partial charge < -0.3 is 4.74 Å². The molecule has 0 aromatic carbocycles. The summed E-state index contributed by atoms with van der Waals surface area (Å²) in [5.74, 6) is 1.62. The Balaban J connectivity index is 1.83. The lowest BCUT2D eigenvalue weighted by atomic mass is 9.84. The Morgan fingerprint density at radius 2 is 2.04 bits per heavy atom. The first-order valence-electron chi connectivity index (χ1n) is 8.69. The number of aromatic nitrogens is 2. The van der Waals surface area contributed by atoms with Gasteiger partial charge in [-0.15, -0.1) is 0 Å². The summed E-state index contributed by atoms with van der Waals surface area (Å²) in [6.07, 6.45) is 7.88. The predicted molar refractivity (Wildman–Crippen MR) is 96.6 cm³/mol. The van der Waals surface area contributed by atoms with E-state index in [1.807, 2.05) is 13.0 Å². The lowest BCUT2D eigenvalue weighted by Gasteiger charge is -2.33. The van der Waals surface area contributed by atoms with Gasteiger partial charge in [-0.2, -0.15) is 0 Å². The van der Waals surface area contributed by atoms with E-state index < -0.39 is 5.54 Å². The second-order valence-electron chi connectivity index (χ2n) is 7.46. The van der Waals surface area contributed by atoms with Crippen LogP contribution in [-0.4, -0.2) is 16.1 Å². The van der Waals surface area contributed by atoms with E-state index in [4.69, 9.17) is 21.9 Å². The molecule has 2 aromatic heterocycles. The third-order valence-electron chi connectivity index (χ3n) is 5.48. The van der Waals surface area contributed by atoms with E-state index in [1.54, 1.807) is 12.4 Å². The van der Waals surface area contributed by atoms with Crippen LogP contribution in [0, 0.1) is 11.8 Å². The number of pyridine rings is 2. The highest BCUT2D eigenvalue weighted by Crippen LogP contribution is 2.50. The molecule has 0 aliphatic heterocycles. The van der Waals surface area contributed by atoms with Crippen LogP contribution in [0.4, 0.5) is 0 Å². The zero-order chi connectivity index (χ0) is 17.6. The number of fused-ring (bicyclic) bond motifs is 1. The number of hydrogen-bond donors (Lipinski definition) is 0. The van der Waals surface area contributed by atoms with Crippen LogP contribution in [0.15, 0.2) is 23.6 Å². The molecule has 2 fully saturated rings. The van der Waals surface area contributed by atoms with Crippen molar-refractivity contribution in [3.63, 3.8) is 0 Å². The highest BCUT2D eigenvalue weighted by Gasteiger charge is 2.43. The minimum Gasteiger partial charge on any atom is -0.474 e. The summed E-state index contributed by atoms with van der Waals surface area (Å²) < 4.78 is 6.08. The van der Waals surface area contributed by atoms with E-state index in [0.29, 0.717) is 22.9 Å². The Morgan fingerprint density at radius 3 is 2.68 bits per heavy atom. The van der Waals surface area contributed by atoms with Crippen LogP contribution in [0.2, 0.25) is 5.15 Å². The summed E-state index contributed by atoms with van der Waals surface area (Å²) in [6, 6.07) is 1.82. The molecular weight excluding hydrogens is 338 g/mol. The molecule has 1 unspecified atom stereocenters. The van der Waals surface area contributed by atoms with Gasteiger partial charge in [0.1, 0.15) is 11.3 Å². The van der Waals surface area contributed by atoms with Crippen LogP contribution in [0.25, 0.3) is 21.2 Å². The van der Waals surface area contributed by atoms with Crippen molar-refractivity contribution >= 4 is 22.4 Å². The van der Waals surface area contributed by atoms with Crippen LogP contribution in [-0.2, 0) is 5.54 Å². The van der Waals surface area contributed by atoms with Crippen LogP contribution in [0.5, 0.6) is 5.88 Å². The second kappa shape index (κ2) is 6.04. The predicted octanol–water partition coefficient (Wildman–Crippen LogP) is 5.40. The van der Waals surface area contributed by atoms with E-state index in [0.717, 1.165) is 42.0 Å². The molecule has 1 atom stereocenters. The van der Waals surface area contributed by atoms with Crippen LogP contribution < -0.4 is 4.74 Å². The van der Waals surface area contributed by atoms with E-state index in [2.05, 4.69) is 26.9 Å². The first-order chi connectivity index (χ1) is 12.0. The molecule has 2 aromatic rings. The van der Waals surface area contributed by atoms with Gasteiger partial charge in [-0.1, -0.05) is 23.6 Å². The normalized spacial score (nSPS) is 24.9. The first kappa shape index (κ1) is 16.4. The van der Waals surface area contributed by atoms with Crippen molar-refractivity contribution in [2.24, 2.45) is 17.0 Å². The van der Waals surface area contributed by atoms with Gasteiger partial charge in [-0.3, -0.25) is 0 Å². The van der Waals surface area contributed by atoms with E-state index in [1.165, 1.54) is 0 Å². The van der Waals surface area contributed by atoms with Gasteiger partial charge in [0.25, 0.3) is 0 Å².